The maximum atomic E-state index is 11.7. The van der Waals surface area contributed by atoms with Gasteiger partial charge < -0.3 is 5.32 Å². The van der Waals surface area contributed by atoms with E-state index >= 15 is 0 Å². The lowest BCUT2D eigenvalue weighted by Gasteiger charge is -2.03. The molecule has 0 bridgehead atoms. The largest absolute Gasteiger partial charge is 0.350 e. The van der Waals surface area contributed by atoms with Crippen LogP contribution in [0.5, 0.6) is 0 Å². The van der Waals surface area contributed by atoms with E-state index < -0.39 is 0 Å². The smallest absolute Gasteiger partial charge is 0.220 e. The summed E-state index contributed by atoms with van der Waals surface area (Å²) in [6, 6.07) is 10.1. The van der Waals surface area contributed by atoms with Gasteiger partial charge in [0.15, 0.2) is 0 Å². The van der Waals surface area contributed by atoms with Gasteiger partial charge in [-0.3, -0.25) is 4.79 Å². The summed E-state index contributed by atoms with van der Waals surface area (Å²) in [7, 11) is 0. The van der Waals surface area contributed by atoms with E-state index in [-0.39, 0.29) is 5.91 Å². The number of thiazole rings is 1. The van der Waals surface area contributed by atoms with Gasteiger partial charge in [-0.05, 0) is 25.8 Å². The Morgan fingerprint density at radius 1 is 1.26 bits per heavy atom. The minimum absolute atomic E-state index is 0.0781. The molecule has 1 aromatic heterocycles. The monoisotopic (exact) mass is 274 g/mol. The van der Waals surface area contributed by atoms with Crippen molar-refractivity contribution in [3.8, 4) is 0 Å². The Morgan fingerprint density at radius 2 is 2.00 bits per heavy atom. The first-order valence-corrected chi connectivity index (χ1v) is 7.20. The number of nitrogens with zero attached hydrogens (tertiary/aromatic N) is 1. The highest BCUT2D eigenvalue weighted by atomic mass is 32.1. The molecule has 0 radical (unpaired) electrons. The Labute approximate surface area is 117 Å². The zero-order valence-electron chi connectivity index (χ0n) is 11.3. The molecule has 0 unspecified atom stereocenters. The summed E-state index contributed by atoms with van der Waals surface area (Å²) in [4.78, 5) is 17.4. The normalized spacial score (nSPS) is 10.4. The third-order valence-corrected chi connectivity index (χ3v) is 4.07. The minimum Gasteiger partial charge on any atom is -0.350 e. The molecule has 1 N–H and O–H groups in total. The predicted molar refractivity (Wildman–Crippen MR) is 78.2 cm³/mol. The van der Waals surface area contributed by atoms with Crippen LogP contribution in [0.25, 0.3) is 0 Å². The molecule has 2 rings (SSSR count). The van der Waals surface area contributed by atoms with Crippen LogP contribution in [-0.4, -0.2) is 10.9 Å². The lowest BCUT2D eigenvalue weighted by atomic mass is 10.1. The van der Waals surface area contributed by atoms with Gasteiger partial charge in [-0.1, -0.05) is 30.3 Å². The van der Waals surface area contributed by atoms with Crippen molar-refractivity contribution in [3.63, 3.8) is 0 Å². The maximum absolute atomic E-state index is 11.7. The number of aryl methyl sites for hydroxylation is 3. The Balaban J connectivity index is 1.76. The highest BCUT2D eigenvalue weighted by molar-refractivity contribution is 7.11. The molecule has 1 amide bonds. The molecule has 0 aliphatic carbocycles. The number of carbonyl (C=O) groups is 1. The topological polar surface area (TPSA) is 42.0 Å². The Kier molecular flexibility index (Phi) is 4.68. The molecule has 0 fully saturated rings. The van der Waals surface area contributed by atoms with Crippen LogP contribution in [-0.2, 0) is 17.8 Å². The van der Waals surface area contributed by atoms with E-state index in [0.29, 0.717) is 13.0 Å². The number of benzene rings is 1. The van der Waals surface area contributed by atoms with E-state index in [1.54, 1.807) is 11.3 Å². The van der Waals surface area contributed by atoms with Crippen molar-refractivity contribution in [1.82, 2.24) is 10.3 Å². The van der Waals surface area contributed by atoms with E-state index in [0.717, 1.165) is 17.1 Å². The molecule has 0 saturated heterocycles. The van der Waals surface area contributed by atoms with Gasteiger partial charge in [-0.25, -0.2) is 4.98 Å². The van der Waals surface area contributed by atoms with Gasteiger partial charge in [0.2, 0.25) is 5.91 Å². The fraction of sp³-hybridized carbons (Fsp3) is 0.333. The van der Waals surface area contributed by atoms with E-state index in [4.69, 9.17) is 0 Å². The molecule has 3 nitrogen and oxygen atoms in total. The molecule has 19 heavy (non-hydrogen) atoms. The Hall–Kier alpha value is -1.68. The van der Waals surface area contributed by atoms with Crippen molar-refractivity contribution < 1.29 is 4.79 Å². The van der Waals surface area contributed by atoms with Crippen molar-refractivity contribution in [2.24, 2.45) is 0 Å². The van der Waals surface area contributed by atoms with Gasteiger partial charge >= 0.3 is 0 Å². The first-order chi connectivity index (χ1) is 9.15. The Bertz CT molecular complexity index is 529. The zero-order valence-corrected chi connectivity index (χ0v) is 12.1. The van der Waals surface area contributed by atoms with E-state index in [2.05, 4.69) is 10.3 Å². The summed E-state index contributed by atoms with van der Waals surface area (Å²) in [6.45, 7) is 4.58. The quantitative estimate of drug-likeness (QED) is 0.910. The van der Waals surface area contributed by atoms with Crippen LogP contribution >= 0.6 is 11.3 Å². The van der Waals surface area contributed by atoms with E-state index in [9.17, 15) is 4.79 Å². The summed E-state index contributed by atoms with van der Waals surface area (Å²) in [5, 5.41) is 3.89. The number of amides is 1. The van der Waals surface area contributed by atoms with Crippen molar-refractivity contribution in [1.29, 1.82) is 0 Å². The minimum atomic E-state index is 0.0781. The molecule has 100 valence electrons. The molecule has 0 aliphatic heterocycles. The third kappa shape index (κ3) is 4.17. The molecular weight excluding hydrogens is 256 g/mol. The van der Waals surface area contributed by atoms with Gasteiger partial charge in [0.05, 0.1) is 12.2 Å². The van der Waals surface area contributed by atoms with E-state index in [1.807, 2.05) is 44.2 Å². The second-order valence-corrected chi connectivity index (χ2v) is 5.80. The van der Waals surface area contributed by atoms with Crippen molar-refractivity contribution >= 4 is 17.2 Å². The summed E-state index contributed by atoms with van der Waals surface area (Å²) in [5.74, 6) is 0.0781. The van der Waals surface area contributed by atoms with Crippen LogP contribution < -0.4 is 5.32 Å². The lowest BCUT2D eigenvalue weighted by molar-refractivity contribution is -0.121. The van der Waals surface area contributed by atoms with Gasteiger partial charge in [0.1, 0.15) is 5.01 Å². The summed E-state index contributed by atoms with van der Waals surface area (Å²) in [5.41, 5.74) is 2.25. The average Bonchev–Trinajstić information content (AvgIpc) is 2.74. The number of nitrogens with one attached hydrogen (secondary N) is 1. The zero-order chi connectivity index (χ0) is 13.7. The third-order valence-electron chi connectivity index (χ3n) is 2.99. The van der Waals surface area contributed by atoms with Gasteiger partial charge in [-0.15, -0.1) is 11.3 Å². The first kappa shape index (κ1) is 13.7. The second kappa shape index (κ2) is 6.48. The van der Waals surface area contributed by atoms with Crippen LogP contribution in [0, 0.1) is 13.8 Å². The molecule has 1 heterocycles. The molecule has 1 aromatic carbocycles. The molecule has 0 aliphatic rings. The van der Waals surface area contributed by atoms with Gasteiger partial charge in [0, 0.05) is 11.3 Å². The molecule has 0 spiro atoms. The number of hydrogen-bond acceptors (Lipinski definition) is 3. The highest BCUT2D eigenvalue weighted by Crippen LogP contribution is 2.15. The van der Waals surface area contributed by atoms with Crippen LogP contribution in [0.3, 0.4) is 0 Å². The van der Waals surface area contributed by atoms with Crippen LogP contribution in [0.15, 0.2) is 30.3 Å². The molecular formula is C15H18N2OS. The fourth-order valence-corrected chi connectivity index (χ4v) is 2.65. The Morgan fingerprint density at radius 3 is 2.63 bits per heavy atom. The van der Waals surface area contributed by atoms with Gasteiger partial charge in [0.25, 0.3) is 0 Å². The number of aromatic nitrogens is 1. The SMILES string of the molecule is Cc1nc(CNC(=O)CCc2ccccc2)sc1C. The van der Waals surface area contributed by atoms with Crippen LogP contribution in [0.2, 0.25) is 0 Å². The molecule has 4 heteroatoms. The molecule has 0 atom stereocenters. The summed E-state index contributed by atoms with van der Waals surface area (Å²) in [6.07, 6.45) is 1.30. The van der Waals surface area contributed by atoms with Gasteiger partial charge in [-0.2, -0.15) is 0 Å². The summed E-state index contributed by atoms with van der Waals surface area (Å²) < 4.78 is 0. The lowest BCUT2D eigenvalue weighted by Crippen LogP contribution is -2.22. The number of carbonyl (C=O) groups excluding carboxylic acids is 1. The number of hydrogen-bond donors (Lipinski definition) is 1. The summed E-state index contributed by atoms with van der Waals surface area (Å²) >= 11 is 1.64. The highest BCUT2D eigenvalue weighted by Gasteiger charge is 2.06. The van der Waals surface area contributed by atoms with Crippen molar-refractivity contribution in [2.45, 2.75) is 33.2 Å². The first-order valence-electron chi connectivity index (χ1n) is 6.38. The van der Waals surface area contributed by atoms with Crippen molar-refractivity contribution in [3.05, 3.63) is 51.5 Å². The van der Waals surface area contributed by atoms with Crippen LogP contribution in [0.4, 0.5) is 0 Å². The average molecular weight is 274 g/mol. The molecule has 0 saturated carbocycles. The standard InChI is InChI=1S/C15H18N2OS/c1-11-12(2)19-15(17-11)10-16-14(18)9-8-13-6-4-3-5-7-13/h3-7H,8-10H2,1-2H3,(H,16,18). The second-order valence-electron chi connectivity index (χ2n) is 4.51. The maximum Gasteiger partial charge on any atom is 0.220 e. The van der Waals surface area contributed by atoms with E-state index in [1.165, 1.54) is 10.4 Å². The number of rotatable bonds is 5. The molecule has 2 aromatic rings. The van der Waals surface area contributed by atoms with Crippen LogP contribution in [0.1, 0.15) is 27.6 Å². The predicted octanol–water partition coefficient (Wildman–Crippen LogP) is 3.01. The fourth-order valence-electron chi connectivity index (χ4n) is 1.78. The van der Waals surface area contributed by atoms with Crippen molar-refractivity contribution in [2.75, 3.05) is 0 Å².